The molecule has 0 atom stereocenters. The molecular formula is C10H8F3N3S. The summed E-state index contributed by atoms with van der Waals surface area (Å²) < 4.78 is 37.7. The predicted molar refractivity (Wildman–Crippen MR) is 58.8 cm³/mol. The van der Waals surface area contributed by atoms with E-state index in [1.165, 1.54) is 6.20 Å². The van der Waals surface area contributed by atoms with Gasteiger partial charge in [-0.15, -0.1) is 0 Å². The fraction of sp³-hybridized carbons (Fsp3) is 0.400. The molecule has 0 radical (unpaired) electrons. The van der Waals surface area contributed by atoms with Gasteiger partial charge in [0.25, 0.3) is 0 Å². The predicted octanol–water partition coefficient (Wildman–Crippen LogP) is 3.17. The summed E-state index contributed by atoms with van der Waals surface area (Å²) in [6, 6.07) is 0. The maximum absolute atomic E-state index is 12.6. The fourth-order valence-corrected chi connectivity index (χ4v) is 2.63. The summed E-state index contributed by atoms with van der Waals surface area (Å²) in [7, 11) is 0. The van der Waals surface area contributed by atoms with Crippen LogP contribution in [0.5, 0.6) is 0 Å². The van der Waals surface area contributed by atoms with E-state index in [-0.39, 0.29) is 5.92 Å². The highest BCUT2D eigenvalue weighted by Gasteiger charge is 2.37. The first-order valence-electron chi connectivity index (χ1n) is 5.09. The van der Waals surface area contributed by atoms with E-state index >= 15 is 0 Å². The van der Waals surface area contributed by atoms with Crippen LogP contribution >= 0.6 is 11.3 Å². The van der Waals surface area contributed by atoms with Gasteiger partial charge in [0, 0.05) is 5.56 Å². The van der Waals surface area contributed by atoms with Crippen LogP contribution in [0.2, 0.25) is 0 Å². The molecule has 2 N–H and O–H groups in total. The molecule has 90 valence electrons. The average Bonchev–Trinajstić information content (AvgIpc) is 2.94. The molecule has 7 heteroatoms. The zero-order valence-electron chi connectivity index (χ0n) is 8.58. The summed E-state index contributed by atoms with van der Waals surface area (Å²) in [6.07, 6.45) is -1.07. The lowest BCUT2D eigenvalue weighted by molar-refractivity contribution is -0.137. The number of halogens is 3. The van der Waals surface area contributed by atoms with Crippen molar-refractivity contribution in [1.29, 1.82) is 0 Å². The van der Waals surface area contributed by atoms with Gasteiger partial charge >= 0.3 is 6.18 Å². The fourth-order valence-electron chi connectivity index (χ4n) is 1.83. The van der Waals surface area contributed by atoms with E-state index in [4.69, 9.17) is 5.73 Å². The second-order valence-electron chi connectivity index (χ2n) is 4.07. The lowest BCUT2D eigenvalue weighted by atomic mass is 10.1. The average molecular weight is 259 g/mol. The van der Waals surface area contributed by atoms with Crippen LogP contribution in [0.4, 0.5) is 18.9 Å². The summed E-state index contributed by atoms with van der Waals surface area (Å²) in [6.45, 7) is 0. The first kappa shape index (κ1) is 10.8. The number of aromatic nitrogens is 2. The summed E-state index contributed by atoms with van der Waals surface area (Å²) in [5.74, 6) is 0.253. The molecule has 17 heavy (non-hydrogen) atoms. The second kappa shape index (κ2) is 3.32. The first-order chi connectivity index (χ1) is 7.97. The van der Waals surface area contributed by atoms with Gasteiger partial charge in [0.15, 0.2) is 0 Å². The topological polar surface area (TPSA) is 51.8 Å². The Labute approximate surface area is 98.5 Å². The second-order valence-corrected chi connectivity index (χ2v) is 5.05. The van der Waals surface area contributed by atoms with Crippen LogP contribution in [0.25, 0.3) is 10.3 Å². The van der Waals surface area contributed by atoms with Gasteiger partial charge in [0.1, 0.15) is 10.3 Å². The molecule has 3 rings (SSSR count). The SMILES string of the molecule is Nc1cnc2sc(C(F)(F)F)nc2c1C1CC1. The molecule has 1 aliphatic rings. The van der Waals surface area contributed by atoms with Crippen molar-refractivity contribution in [3.63, 3.8) is 0 Å². The normalized spacial score (nSPS) is 16.6. The van der Waals surface area contributed by atoms with Gasteiger partial charge in [-0.25, -0.2) is 9.97 Å². The van der Waals surface area contributed by atoms with Crippen molar-refractivity contribution in [1.82, 2.24) is 9.97 Å². The molecule has 0 aliphatic heterocycles. The van der Waals surface area contributed by atoms with E-state index in [0.717, 1.165) is 18.4 Å². The number of pyridine rings is 1. The van der Waals surface area contributed by atoms with Crippen LogP contribution in [0.1, 0.15) is 29.3 Å². The number of hydrogen-bond donors (Lipinski definition) is 1. The highest BCUT2D eigenvalue weighted by molar-refractivity contribution is 7.18. The number of hydrogen-bond acceptors (Lipinski definition) is 4. The minimum absolute atomic E-state index is 0.253. The smallest absolute Gasteiger partial charge is 0.397 e. The largest absolute Gasteiger partial charge is 0.443 e. The van der Waals surface area contributed by atoms with Crippen LogP contribution in [-0.2, 0) is 6.18 Å². The van der Waals surface area contributed by atoms with Crippen molar-refractivity contribution >= 4 is 27.4 Å². The van der Waals surface area contributed by atoms with Gasteiger partial charge in [-0.3, -0.25) is 0 Å². The number of rotatable bonds is 1. The third-order valence-corrected chi connectivity index (χ3v) is 3.73. The number of nitrogens with zero attached hydrogens (tertiary/aromatic N) is 2. The third-order valence-electron chi connectivity index (χ3n) is 2.72. The van der Waals surface area contributed by atoms with Crippen LogP contribution in [0.15, 0.2) is 6.20 Å². The molecule has 0 aromatic carbocycles. The Hall–Kier alpha value is -1.37. The van der Waals surface area contributed by atoms with E-state index in [9.17, 15) is 13.2 Å². The van der Waals surface area contributed by atoms with Crippen LogP contribution < -0.4 is 5.73 Å². The van der Waals surface area contributed by atoms with Gasteiger partial charge in [-0.1, -0.05) is 11.3 Å². The van der Waals surface area contributed by atoms with E-state index in [0.29, 0.717) is 27.4 Å². The van der Waals surface area contributed by atoms with Crippen molar-refractivity contribution in [2.75, 3.05) is 5.73 Å². The molecule has 0 saturated heterocycles. The Balaban J connectivity index is 2.25. The molecule has 3 nitrogen and oxygen atoms in total. The Morgan fingerprint density at radius 2 is 2.06 bits per heavy atom. The zero-order chi connectivity index (χ0) is 12.2. The first-order valence-corrected chi connectivity index (χ1v) is 5.90. The van der Waals surface area contributed by atoms with Crippen LogP contribution in [-0.4, -0.2) is 9.97 Å². The van der Waals surface area contributed by atoms with E-state index in [1.54, 1.807) is 0 Å². The van der Waals surface area contributed by atoms with Crippen molar-refractivity contribution in [3.05, 3.63) is 16.8 Å². The van der Waals surface area contributed by atoms with Gasteiger partial charge in [0.05, 0.1) is 11.9 Å². The molecule has 1 aliphatic carbocycles. The standard InChI is InChI=1S/C10H8F3N3S/c11-10(12,13)9-16-7-6(4-1-2-4)5(14)3-15-8(7)17-9/h3-4H,1-2,14H2. The van der Waals surface area contributed by atoms with E-state index < -0.39 is 11.2 Å². The summed E-state index contributed by atoms with van der Waals surface area (Å²) in [5, 5.41) is -0.854. The highest BCUT2D eigenvalue weighted by atomic mass is 32.1. The Bertz CT molecular complexity index is 586. The Morgan fingerprint density at radius 3 is 2.65 bits per heavy atom. The number of anilines is 1. The van der Waals surface area contributed by atoms with Crippen molar-refractivity contribution in [2.24, 2.45) is 0 Å². The van der Waals surface area contributed by atoms with Gasteiger partial charge in [-0.2, -0.15) is 13.2 Å². The van der Waals surface area contributed by atoms with Crippen molar-refractivity contribution in [2.45, 2.75) is 24.9 Å². The number of thiazole rings is 1. The summed E-state index contributed by atoms with van der Waals surface area (Å²) in [5.41, 5.74) is 7.27. The number of alkyl halides is 3. The van der Waals surface area contributed by atoms with E-state index in [2.05, 4.69) is 9.97 Å². The molecule has 0 bridgehead atoms. The number of fused-ring (bicyclic) bond motifs is 1. The maximum atomic E-state index is 12.6. The van der Waals surface area contributed by atoms with Gasteiger partial charge in [-0.05, 0) is 18.8 Å². The monoisotopic (exact) mass is 259 g/mol. The molecular weight excluding hydrogens is 251 g/mol. The molecule has 2 aromatic heterocycles. The molecule has 0 spiro atoms. The minimum atomic E-state index is -4.42. The lowest BCUT2D eigenvalue weighted by Gasteiger charge is -2.03. The molecule has 2 heterocycles. The quantitative estimate of drug-likeness (QED) is 0.855. The van der Waals surface area contributed by atoms with Crippen LogP contribution in [0.3, 0.4) is 0 Å². The zero-order valence-corrected chi connectivity index (χ0v) is 9.40. The van der Waals surface area contributed by atoms with Gasteiger partial charge in [0.2, 0.25) is 5.01 Å². The summed E-state index contributed by atoms with van der Waals surface area (Å²) in [4.78, 5) is 7.89. The Morgan fingerprint density at radius 1 is 1.35 bits per heavy atom. The highest BCUT2D eigenvalue weighted by Crippen LogP contribution is 2.46. The lowest BCUT2D eigenvalue weighted by Crippen LogP contribution is -2.03. The number of nitrogen functional groups attached to an aromatic ring is 1. The number of nitrogens with two attached hydrogens (primary N) is 1. The third kappa shape index (κ3) is 1.74. The van der Waals surface area contributed by atoms with Crippen LogP contribution in [0, 0.1) is 0 Å². The minimum Gasteiger partial charge on any atom is -0.397 e. The van der Waals surface area contributed by atoms with Crippen molar-refractivity contribution in [3.8, 4) is 0 Å². The molecule has 1 saturated carbocycles. The Kier molecular flexibility index (Phi) is 2.10. The molecule has 0 amide bonds. The van der Waals surface area contributed by atoms with Crippen molar-refractivity contribution < 1.29 is 13.2 Å². The molecule has 0 unspecified atom stereocenters. The molecule has 2 aromatic rings. The maximum Gasteiger partial charge on any atom is 0.443 e. The van der Waals surface area contributed by atoms with Gasteiger partial charge < -0.3 is 5.73 Å². The molecule has 1 fully saturated rings. The summed E-state index contributed by atoms with van der Waals surface area (Å²) >= 11 is 0.569. The van der Waals surface area contributed by atoms with E-state index in [1.807, 2.05) is 0 Å².